The number of aromatic amines is 1. The Morgan fingerprint density at radius 2 is 2.03 bits per heavy atom. The minimum absolute atomic E-state index is 0.110. The van der Waals surface area contributed by atoms with E-state index < -0.39 is 0 Å². The van der Waals surface area contributed by atoms with Crippen molar-refractivity contribution in [1.82, 2.24) is 19.9 Å². The minimum atomic E-state index is -0.110. The third-order valence-corrected chi connectivity index (χ3v) is 7.68. The van der Waals surface area contributed by atoms with Crippen LogP contribution < -0.4 is 5.73 Å². The first kappa shape index (κ1) is 21.0. The average molecular weight is 449 g/mol. The third kappa shape index (κ3) is 3.58. The Labute approximate surface area is 199 Å². The van der Waals surface area contributed by atoms with Gasteiger partial charge in [0, 0.05) is 42.2 Å². The molecule has 2 aliphatic rings. The summed E-state index contributed by atoms with van der Waals surface area (Å²) in [7, 11) is 0. The lowest BCUT2D eigenvalue weighted by atomic mass is 9.77. The summed E-state index contributed by atoms with van der Waals surface area (Å²) >= 11 is 0. The molecule has 0 spiro atoms. The number of rotatable bonds is 5. The van der Waals surface area contributed by atoms with Gasteiger partial charge < -0.3 is 10.7 Å². The zero-order chi connectivity index (χ0) is 23.1. The van der Waals surface area contributed by atoms with Crippen LogP contribution in [0.25, 0.3) is 22.3 Å². The molecule has 2 atom stereocenters. The maximum absolute atomic E-state index is 9.21. The Hall–Kier alpha value is -3.53. The first-order valence-corrected chi connectivity index (χ1v) is 12.0. The smallest absolute Gasteiger partial charge is 0.141 e. The number of fused-ring (bicyclic) bond motifs is 2. The summed E-state index contributed by atoms with van der Waals surface area (Å²) in [5, 5.41) is 10.2. The maximum atomic E-state index is 9.21. The van der Waals surface area contributed by atoms with Crippen LogP contribution in [0.4, 0.5) is 0 Å². The van der Waals surface area contributed by atoms with Crippen LogP contribution in [0.15, 0.2) is 61.1 Å². The fourth-order valence-corrected chi connectivity index (χ4v) is 5.81. The van der Waals surface area contributed by atoms with E-state index in [1.165, 1.54) is 22.3 Å². The van der Waals surface area contributed by atoms with Crippen molar-refractivity contribution in [3.63, 3.8) is 0 Å². The number of likely N-dealkylation sites (tertiary alicyclic amines) is 1. The molecule has 34 heavy (non-hydrogen) atoms. The van der Waals surface area contributed by atoms with Crippen LogP contribution in [0.3, 0.4) is 0 Å². The van der Waals surface area contributed by atoms with Crippen LogP contribution in [0.5, 0.6) is 0 Å². The molecule has 0 amide bonds. The summed E-state index contributed by atoms with van der Waals surface area (Å²) in [6.45, 7) is 3.40. The minimum Gasteiger partial charge on any atom is -0.346 e. The van der Waals surface area contributed by atoms with E-state index in [1.807, 2.05) is 12.3 Å². The van der Waals surface area contributed by atoms with Gasteiger partial charge in [-0.3, -0.25) is 4.90 Å². The fraction of sp³-hybridized carbons (Fsp3) is 0.321. The SMILES string of the molecule is N#CC1CCN(Cc2ccc3c(c2)CC(CN)(c2cccc(-c4ncnc5[nH]ccc45)c2)C3)C1. The molecule has 170 valence electrons. The van der Waals surface area contributed by atoms with Crippen molar-refractivity contribution in [3.8, 4) is 17.3 Å². The Balaban J connectivity index is 1.29. The second-order valence-electron chi connectivity index (χ2n) is 9.83. The van der Waals surface area contributed by atoms with E-state index >= 15 is 0 Å². The lowest BCUT2D eigenvalue weighted by Crippen LogP contribution is -2.36. The number of hydrogen-bond donors (Lipinski definition) is 2. The highest BCUT2D eigenvalue weighted by Crippen LogP contribution is 2.41. The monoisotopic (exact) mass is 448 g/mol. The first-order chi connectivity index (χ1) is 16.7. The van der Waals surface area contributed by atoms with E-state index in [0.717, 1.165) is 61.2 Å². The second kappa shape index (κ2) is 8.35. The molecule has 3 heterocycles. The standard InChI is InChI=1S/C28H28N6/c29-14-20-7-9-34(16-20)15-19-4-5-22-12-28(17-30,13-23(22)10-19)24-3-1-2-21(11-24)26-25-6-8-31-27(25)33-18-32-26/h1-6,8,10-11,18,20H,7,9,12-13,15-17,30H2,(H,31,32,33). The highest BCUT2D eigenvalue weighted by atomic mass is 15.1. The van der Waals surface area contributed by atoms with Gasteiger partial charge in [0.25, 0.3) is 0 Å². The highest BCUT2D eigenvalue weighted by molar-refractivity contribution is 5.90. The van der Waals surface area contributed by atoms with Gasteiger partial charge in [0.05, 0.1) is 17.7 Å². The Morgan fingerprint density at radius 1 is 1.12 bits per heavy atom. The van der Waals surface area contributed by atoms with E-state index in [4.69, 9.17) is 5.73 Å². The molecule has 3 N–H and O–H groups in total. The van der Waals surface area contributed by atoms with Crippen molar-refractivity contribution < 1.29 is 0 Å². The fourth-order valence-electron chi connectivity index (χ4n) is 5.81. The topological polar surface area (TPSA) is 94.6 Å². The molecule has 1 fully saturated rings. The number of nitriles is 1. The van der Waals surface area contributed by atoms with Gasteiger partial charge in [0.2, 0.25) is 0 Å². The van der Waals surface area contributed by atoms with Gasteiger partial charge in [-0.05, 0) is 60.2 Å². The van der Waals surface area contributed by atoms with E-state index in [9.17, 15) is 5.26 Å². The maximum Gasteiger partial charge on any atom is 0.141 e. The van der Waals surface area contributed by atoms with Gasteiger partial charge in [-0.25, -0.2) is 9.97 Å². The summed E-state index contributed by atoms with van der Waals surface area (Å²) in [5.74, 6) is 0.175. The van der Waals surface area contributed by atoms with Gasteiger partial charge in [-0.1, -0.05) is 36.4 Å². The van der Waals surface area contributed by atoms with Crippen LogP contribution in [-0.4, -0.2) is 39.5 Å². The number of nitrogens with zero attached hydrogens (tertiary/aromatic N) is 4. The van der Waals surface area contributed by atoms with Crippen LogP contribution >= 0.6 is 0 Å². The van der Waals surface area contributed by atoms with Crippen LogP contribution in [0.1, 0.15) is 28.7 Å². The molecular formula is C28H28N6. The van der Waals surface area contributed by atoms with Gasteiger partial charge in [-0.15, -0.1) is 0 Å². The van der Waals surface area contributed by atoms with E-state index in [2.05, 4.69) is 68.4 Å². The molecule has 0 bridgehead atoms. The van der Waals surface area contributed by atoms with Crippen LogP contribution in [0, 0.1) is 17.2 Å². The summed E-state index contributed by atoms with van der Waals surface area (Å²) in [5.41, 5.74) is 14.6. The molecule has 6 nitrogen and oxygen atoms in total. The zero-order valence-corrected chi connectivity index (χ0v) is 19.2. The summed E-state index contributed by atoms with van der Waals surface area (Å²) in [4.78, 5) is 14.5. The molecular weight excluding hydrogens is 420 g/mol. The Bertz CT molecular complexity index is 1400. The number of aromatic nitrogens is 3. The van der Waals surface area contributed by atoms with Gasteiger partial charge >= 0.3 is 0 Å². The molecule has 4 aromatic rings. The van der Waals surface area contributed by atoms with Crippen molar-refractivity contribution >= 4 is 11.0 Å². The normalized spacial score (nSPS) is 22.2. The lowest BCUT2D eigenvalue weighted by Gasteiger charge is -2.28. The van der Waals surface area contributed by atoms with Crippen molar-refractivity contribution in [1.29, 1.82) is 5.26 Å². The molecule has 2 aromatic carbocycles. The molecule has 6 heteroatoms. The summed E-state index contributed by atoms with van der Waals surface area (Å²) in [6, 6.07) is 20.1. The van der Waals surface area contributed by atoms with Crippen molar-refractivity contribution in [3.05, 3.63) is 83.3 Å². The number of benzene rings is 2. The van der Waals surface area contributed by atoms with Crippen molar-refractivity contribution in [2.45, 2.75) is 31.2 Å². The van der Waals surface area contributed by atoms with Gasteiger partial charge in [0.15, 0.2) is 0 Å². The van der Waals surface area contributed by atoms with E-state index in [1.54, 1.807) is 6.33 Å². The van der Waals surface area contributed by atoms with Gasteiger partial charge in [0.1, 0.15) is 12.0 Å². The molecule has 2 unspecified atom stereocenters. The quantitative estimate of drug-likeness (QED) is 0.482. The van der Waals surface area contributed by atoms with Crippen LogP contribution in [-0.2, 0) is 24.8 Å². The Morgan fingerprint density at radius 3 is 2.88 bits per heavy atom. The van der Waals surface area contributed by atoms with E-state index in [-0.39, 0.29) is 11.3 Å². The summed E-state index contributed by atoms with van der Waals surface area (Å²) < 4.78 is 0. The molecule has 2 aromatic heterocycles. The lowest BCUT2D eigenvalue weighted by molar-refractivity contribution is 0.325. The number of H-pyrrole nitrogens is 1. The zero-order valence-electron chi connectivity index (χ0n) is 19.2. The van der Waals surface area contributed by atoms with E-state index in [0.29, 0.717) is 6.54 Å². The molecule has 0 radical (unpaired) electrons. The Kier molecular flexibility index (Phi) is 5.17. The van der Waals surface area contributed by atoms with Gasteiger partial charge in [-0.2, -0.15) is 5.26 Å². The molecule has 1 aliphatic carbocycles. The largest absolute Gasteiger partial charge is 0.346 e. The number of nitrogens with two attached hydrogens (primary N) is 1. The number of hydrogen-bond acceptors (Lipinski definition) is 5. The van der Waals surface area contributed by atoms with Crippen LogP contribution in [0.2, 0.25) is 0 Å². The highest BCUT2D eigenvalue weighted by Gasteiger charge is 2.38. The van der Waals surface area contributed by atoms with Crippen molar-refractivity contribution in [2.75, 3.05) is 19.6 Å². The number of nitrogens with one attached hydrogen (secondary N) is 1. The molecule has 0 saturated carbocycles. The molecule has 1 saturated heterocycles. The molecule has 1 aliphatic heterocycles. The molecule has 6 rings (SSSR count). The summed E-state index contributed by atoms with van der Waals surface area (Å²) in [6.07, 6.45) is 6.40. The average Bonchev–Trinajstić information content (AvgIpc) is 3.62. The third-order valence-electron chi connectivity index (χ3n) is 7.68. The van der Waals surface area contributed by atoms with Crippen molar-refractivity contribution in [2.24, 2.45) is 11.7 Å². The predicted octanol–water partition coefficient (Wildman–Crippen LogP) is 3.97. The first-order valence-electron chi connectivity index (χ1n) is 12.0. The second-order valence-corrected chi connectivity index (χ2v) is 9.83. The predicted molar refractivity (Wildman–Crippen MR) is 133 cm³/mol.